The summed E-state index contributed by atoms with van der Waals surface area (Å²) in [5, 5.41) is 6.03. The lowest BCUT2D eigenvalue weighted by Crippen LogP contribution is -2.67. The van der Waals surface area contributed by atoms with Gasteiger partial charge in [-0.25, -0.2) is 0 Å². The van der Waals surface area contributed by atoms with Crippen molar-refractivity contribution in [3.63, 3.8) is 0 Å². The summed E-state index contributed by atoms with van der Waals surface area (Å²) >= 11 is 0. The number of nitrogens with zero attached hydrogens (tertiary/aromatic N) is 1. The van der Waals surface area contributed by atoms with Crippen LogP contribution in [0, 0.1) is 11.8 Å². The number of rotatable bonds is 7. The van der Waals surface area contributed by atoms with E-state index >= 15 is 0 Å². The lowest BCUT2D eigenvalue weighted by atomic mass is 9.88. The summed E-state index contributed by atoms with van der Waals surface area (Å²) in [4.78, 5) is 42.7. The van der Waals surface area contributed by atoms with Gasteiger partial charge in [0, 0.05) is 6.04 Å². The van der Waals surface area contributed by atoms with E-state index in [2.05, 4.69) is 22.8 Å². The van der Waals surface area contributed by atoms with E-state index in [0.717, 1.165) is 12.8 Å². The van der Waals surface area contributed by atoms with E-state index in [1.807, 2.05) is 70.2 Å². The minimum absolute atomic E-state index is 0.0269. The lowest BCUT2D eigenvalue weighted by molar-refractivity contribution is -0.158. The highest BCUT2D eigenvalue weighted by atomic mass is 16.2. The molecular formula is C28H35N3O3. The fraction of sp³-hybridized carbons (Fsp3) is 0.464. The highest BCUT2D eigenvalue weighted by molar-refractivity contribution is 6.00. The van der Waals surface area contributed by atoms with Gasteiger partial charge >= 0.3 is 0 Å². The fourth-order valence-corrected chi connectivity index (χ4v) is 5.31. The average molecular weight is 462 g/mol. The number of carbonyl (C=O) groups excluding carboxylic acids is 3. The molecule has 180 valence electrons. The molecule has 0 spiro atoms. The van der Waals surface area contributed by atoms with Crippen LogP contribution in [0.5, 0.6) is 0 Å². The Morgan fingerprint density at radius 1 is 0.971 bits per heavy atom. The predicted molar refractivity (Wildman–Crippen MR) is 132 cm³/mol. The van der Waals surface area contributed by atoms with Gasteiger partial charge in [-0.3, -0.25) is 14.4 Å². The van der Waals surface area contributed by atoms with Gasteiger partial charge in [-0.05, 0) is 61.6 Å². The normalized spacial score (nSPS) is 21.5. The maximum atomic E-state index is 14.1. The topological polar surface area (TPSA) is 78.5 Å². The highest BCUT2D eigenvalue weighted by Crippen LogP contribution is 2.35. The van der Waals surface area contributed by atoms with Crippen molar-refractivity contribution < 1.29 is 14.4 Å². The van der Waals surface area contributed by atoms with Gasteiger partial charge < -0.3 is 15.5 Å². The molecule has 6 nitrogen and oxygen atoms in total. The number of carbonyl (C=O) groups is 3. The number of benzene rings is 2. The van der Waals surface area contributed by atoms with Crippen LogP contribution in [0.15, 0.2) is 54.6 Å². The van der Waals surface area contributed by atoms with E-state index < -0.39 is 18.1 Å². The van der Waals surface area contributed by atoms with Crippen LogP contribution >= 0.6 is 0 Å². The molecule has 1 aliphatic heterocycles. The van der Waals surface area contributed by atoms with Crippen molar-refractivity contribution in [3.8, 4) is 0 Å². The molecule has 2 aromatic carbocycles. The van der Waals surface area contributed by atoms with Crippen LogP contribution in [0.1, 0.15) is 56.8 Å². The number of nitrogens with one attached hydrogen (secondary N) is 2. The molecule has 0 bridgehead atoms. The minimum Gasteiger partial charge on any atom is -0.352 e. The Balaban J connectivity index is 1.73. The summed E-state index contributed by atoms with van der Waals surface area (Å²) in [6.45, 7) is 7.85. The Kier molecular flexibility index (Phi) is 7.05. The maximum absolute atomic E-state index is 14.1. The molecule has 3 atom stereocenters. The van der Waals surface area contributed by atoms with Gasteiger partial charge in [0.15, 0.2) is 0 Å². The van der Waals surface area contributed by atoms with Crippen molar-refractivity contribution in [3.05, 3.63) is 71.3 Å². The first-order chi connectivity index (χ1) is 16.3. The third kappa shape index (κ3) is 4.86. The Morgan fingerprint density at radius 3 is 2.12 bits per heavy atom. The Bertz CT molecular complexity index is 1020. The van der Waals surface area contributed by atoms with E-state index in [1.165, 1.54) is 11.1 Å². The number of hydrogen-bond acceptors (Lipinski definition) is 3. The molecule has 2 aliphatic rings. The molecule has 0 unspecified atom stereocenters. The monoisotopic (exact) mass is 461 g/mol. The average Bonchev–Trinajstić information content (AvgIpc) is 3.22. The molecule has 0 radical (unpaired) electrons. The molecule has 1 heterocycles. The van der Waals surface area contributed by atoms with Crippen molar-refractivity contribution >= 4 is 17.7 Å². The quantitative estimate of drug-likeness (QED) is 0.663. The molecule has 0 aromatic heterocycles. The highest BCUT2D eigenvalue weighted by Gasteiger charge is 2.49. The zero-order chi connectivity index (χ0) is 24.4. The zero-order valence-electron chi connectivity index (χ0n) is 20.5. The molecule has 1 fully saturated rings. The summed E-state index contributed by atoms with van der Waals surface area (Å²) in [7, 11) is 0. The van der Waals surface area contributed by atoms with Crippen molar-refractivity contribution in [1.29, 1.82) is 0 Å². The first-order valence-corrected chi connectivity index (χ1v) is 12.3. The van der Waals surface area contributed by atoms with Gasteiger partial charge in [-0.2, -0.15) is 0 Å². The molecule has 2 aromatic rings. The van der Waals surface area contributed by atoms with Gasteiger partial charge in [0.25, 0.3) is 0 Å². The van der Waals surface area contributed by atoms with Crippen LogP contribution in [0.4, 0.5) is 0 Å². The minimum atomic E-state index is -0.864. The zero-order valence-corrected chi connectivity index (χ0v) is 20.5. The number of hydrogen-bond donors (Lipinski definition) is 2. The van der Waals surface area contributed by atoms with Crippen LogP contribution in [0.25, 0.3) is 0 Å². The lowest BCUT2D eigenvalue weighted by Gasteiger charge is -2.45. The van der Waals surface area contributed by atoms with E-state index in [-0.39, 0.29) is 35.6 Å². The van der Waals surface area contributed by atoms with Gasteiger partial charge in [0.05, 0.1) is 0 Å². The Labute approximate surface area is 202 Å². The van der Waals surface area contributed by atoms with Crippen molar-refractivity contribution in [2.75, 3.05) is 0 Å². The van der Waals surface area contributed by atoms with Crippen molar-refractivity contribution in [1.82, 2.24) is 15.5 Å². The number of piperazine rings is 1. The molecule has 34 heavy (non-hydrogen) atoms. The number of fused-ring (bicyclic) bond motifs is 1. The molecule has 1 aliphatic carbocycles. The van der Waals surface area contributed by atoms with Crippen LogP contribution < -0.4 is 10.6 Å². The smallest absolute Gasteiger partial charge is 0.247 e. The first-order valence-electron chi connectivity index (χ1n) is 12.3. The van der Waals surface area contributed by atoms with E-state index in [1.54, 1.807) is 4.90 Å². The molecule has 3 amide bonds. The van der Waals surface area contributed by atoms with Crippen LogP contribution in [-0.2, 0) is 27.2 Å². The van der Waals surface area contributed by atoms with E-state index in [4.69, 9.17) is 0 Å². The van der Waals surface area contributed by atoms with Gasteiger partial charge in [0.2, 0.25) is 17.7 Å². The molecule has 1 saturated heterocycles. The summed E-state index contributed by atoms with van der Waals surface area (Å²) in [5.41, 5.74) is 3.16. The second-order valence-electron chi connectivity index (χ2n) is 10.3. The third-order valence-corrected chi connectivity index (χ3v) is 6.78. The summed E-state index contributed by atoms with van der Waals surface area (Å²) in [6.07, 6.45) is 1.97. The number of amides is 3. The second-order valence-corrected chi connectivity index (χ2v) is 10.3. The maximum Gasteiger partial charge on any atom is 0.247 e. The molecule has 4 rings (SSSR count). The van der Waals surface area contributed by atoms with Gasteiger partial charge in [0.1, 0.15) is 18.1 Å². The first kappa shape index (κ1) is 24.0. The molecule has 6 heteroatoms. The Morgan fingerprint density at radius 2 is 1.56 bits per heavy atom. The van der Waals surface area contributed by atoms with Crippen LogP contribution in [-0.4, -0.2) is 40.7 Å². The van der Waals surface area contributed by atoms with Crippen molar-refractivity contribution in [2.24, 2.45) is 11.8 Å². The standard InChI is InChI=1S/C28H35N3O3/c1-17(2)14-23-26(32)30-24(22-15-20-12-8-9-13-21(20)16-22)28(34)31(23)25(27(33)29-18(3)4)19-10-6-5-7-11-19/h5-13,17-18,22-25H,14-16H2,1-4H3,(H,29,33)(H,30,32)/t23-,24-,25+/m1/s1. The summed E-state index contributed by atoms with van der Waals surface area (Å²) in [6, 6.07) is 15.2. The largest absolute Gasteiger partial charge is 0.352 e. The molecule has 0 saturated carbocycles. The summed E-state index contributed by atoms with van der Waals surface area (Å²) in [5.74, 6) is -0.446. The fourth-order valence-electron chi connectivity index (χ4n) is 5.31. The van der Waals surface area contributed by atoms with E-state index in [0.29, 0.717) is 12.0 Å². The van der Waals surface area contributed by atoms with Crippen molar-refractivity contribution in [2.45, 2.75) is 71.1 Å². The molecular weight excluding hydrogens is 426 g/mol. The van der Waals surface area contributed by atoms with Gasteiger partial charge in [-0.1, -0.05) is 68.4 Å². The van der Waals surface area contributed by atoms with Crippen LogP contribution in [0.2, 0.25) is 0 Å². The molecule has 2 N–H and O–H groups in total. The SMILES string of the molecule is CC(C)C[C@@H]1C(=O)N[C@H](C2Cc3ccccc3C2)C(=O)N1[C@H](C(=O)NC(C)C)c1ccccc1. The predicted octanol–water partition coefficient (Wildman–Crippen LogP) is 3.41. The second kappa shape index (κ2) is 10.00. The van der Waals surface area contributed by atoms with E-state index in [9.17, 15) is 14.4 Å². The van der Waals surface area contributed by atoms with Crippen LogP contribution in [0.3, 0.4) is 0 Å². The van der Waals surface area contributed by atoms with Gasteiger partial charge in [-0.15, -0.1) is 0 Å². The third-order valence-electron chi connectivity index (χ3n) is 6.78. The Hall–Kier alpha value is -3.15. The summed E-state index contributed by atoms with van der Waals surface area (Å²) < 4.78 is 0.